The van der Waals surface area contributed by atoms with Crippen LogP contribution in [-0.2, 0) is 10.0 Å². The van der Waals surface area contributed by atoms with Gasteiger partial charge in [-0.2, -0.15) is 0 Å². The van der Waals surface area contributed by atoms with E-state index in [1.54, 1.807) is 31.3 Å². The van der Waals surface area contributed by atoms with Crippen LogP contribution in [0.2, 0.25) is 0 Å². The maximum atomic E-state index is 14.1. The molecule has 1 amide bonds. The lowest BCUT2D eigenvalue weighted by Gasteiger charge is -2.56. The van der Waals surface area contributed by atoms with E-state index in [0.717, 1.165) is 49.6 Å². The molecular weight excluding hydrogens is 859 g/mol. The van der Waals surface area contributed by atoms with Crippen molar-refractivity contribution in [3.05, 3.63) is 106 Å². The second-order valence-corrected chi connectivity index (χ2v) is 21.7. The minimum Gasteiger partial charge on any atom is -0.480 e. The lowest BCUT2D eigenvalue weighted by molar-refractivity contribution is -0.386. The van der Waals surface area contributed by atoms with Crippen LogP contribution >= 0.6 is 0 Å². The number of nitrogens with one attached hydrogen (secondary N) is 3. The van der Waals surface area contributed by atoms with Crippen LogP contribution < -0.4 is 24.4 Å². The molecule has 5 heterocycles. The quantitative estimate of drug-likeness (QED) is 0.0727. The first-order chi connectivity index (χ1) is 31.6. The Morgan fingerprint density at radius 2 is 1.79 bits per heavy atom. The summed E-state index contributed by atoms with van der Waals surface area (Å²) in [4.78, 5) is 37.9. The van der Waals surface area contributed by atoms with Crippen LogP contribution in [0.25, 0.3) is 11.0 Å². The van der Waals surface area contributed by atoms with Crippen LogP contribution in [0.5, 0.6) is 17.2 Å². The number of hydrogen-bond acceptors (Lipinski definition) is 12. The molecule has 2 atom stereocenters. The van der Waals surface area contributed by atoms with Crippen molar-refractivity contribution >= 4 is 44.0 Å². The number of amides is 1. The Labute approximate surface area is 385 Å². The van der Waals surface area contributed by atoms with Gasteiger partial charge in [0.1, 0.15) is 23.3 Å². The van der Waals surface area contributed by atoms with E-state index in [-0.39, 0.29) is 28.7 Å². The van der Waals surface area contributed by atoms with Crippen molar-refractivity contribution < 1.29 is 32.7 Å². The Morgan fingerprint density at radius 1 is 1.02 bits per heavy atom. The third kappa shape index (κ3) is 8.58. The molecule has 4 N–H and O–H groups in total. The molecule has 0 radical (unpaired) electrons. The molecule has 0 bridgehead atoms. The zero-order chi connectivity index (χ0) is 46.0. The number of nitro benzene ring substituents is 1. The number of aromatic nitrogens is 2. The summed E-state index contributed by atoms with van der Waals surface area (Å²) in [6, 6.07) is 21.0. The van der Waals surface area contributed by atoms with E-state index < -0.39 is 43.1 Å². The number of benzene rings is 3. The largest absolute Gasteiger partial charge is 0.480 e. The second kappa shape index (κ2) is 17.2. The number of likely N-dealkylation sites (tertiary alicyclic amines) is 1. The summed E-state index contributed by atoms with van der Waals surface area (Å²) < 4.78 is 42.7. The Hall–Kier alpha value is -5.71. The standard InChI is InChI=1S/C50H59N7O8S/c1-31(2)38-7-4-5-8-39(38)42-9-6-20-56(42)35-27-50(28-35)17-21-55(22-18-50)34-10-11-40(44(24-34)64-36-23-33-14-19-51-47(33)53-29-36)48(58)54-66(62,63)37-25-41-46(43(26-37)57(60)61)65-45(30-52-41)32-12-15-49(3,59)16-13-32/h4-5,7-8,10-11,14,19,23-26,29,31-32,35,42,45,52,59H,6,9,12-13,15-18,20-22,27-28,30H2,1-3H3,(H,51,53)(H,54,58)/t32?,42-,45+,49?/m0/s1. The molecule has 2 aliphatic carbocycles. The van der Waals surface area contributed by atoms with E-state index in [2.05, 4.69) is 67.9 Å². The molecule has 66 heavy (non-hydrogen) atoms. The van der Waals surface area contributed by atoms with E-state index in [1.165, 1.54) is 49.1 Å². The second-order valence-electron chi connectivity index (χ2n) is 20.0. The highest BCUT2D eigenvalue weighted by Gasteiger charge is 2.50. The Bertz CT molecular complexity index is 2770. The average molecular weight is 918 g/mol. The molecule has 15 nitrogen and oxygen atoms in total. The molecule has 2 saturated carbocycles. The van der Waals surface area contributed by atoms with Crippen LogP contribution in [0.4, 0.5) is 17.1 Å². The molecule has 2 aromatic heterocycles. The van der Waals surface area contributed by atoms with Gasteiger partial charge in [-0.25, -0.2) is 18.1 Å². The summed E-state index contributed by atoms with van der Waals surface area (Å²) in [6.07, 6.45) is 12.4. The molecule has 3 aliphatic heterocycles. The van der Waals surface area contributed by atoms with Gasteiger partial charge < -0.3 is 29.8 Å². The third-order valence-corrected chi connectivity index (χ3v) is 16.6. The fraction of sp³-hybridized carbons (Fsp3) is 0.480. The van der Waals surface area contributed by atoms with Crippen molar-refractivity contribution in [3.63, 3.8) is 0 Å². The SMILES string of the molecule is CC(C)c1ccccc1[C@@H]1CCCN1C1CC2(CCN(c3ccc(C(=O)NS(=O)(=O)c4cc5c(c([N+](=O)[O-])c4)O[C@@H](C4CCC(C)(O)CC4)CN5)c(Oc4cnc5[nH]ccc5c4)c3)CC2)C1. The van der Waals surface area contributed by atoms with Gasteiger partial charge in [0.25, 0.3) is 15.9 Å². The van der Waals surface area contributed by atoms with Gasteiger partial charge >= 0.3 is 5.69 Å². The van der Waals surface area contributed by atoms with Gasteiger partial charge in [0.2, 0.25) is 5.75 Å². The number of aromatic amines is 1. The number of nitrogens with zero attached hydrogens (tertiary/aromatic N) is 4. The monoisotopic (exact) mass is 917 g/mol. The van der Waals surface area contributed by atoms with Crippen LogP contribution in [0, 0.1) is 21.4 Å². The van der Waals surface area contributed by atoms with Crippen LogP contribution in [0.1, 0.15) is 118 Å². The van der Waals surface area contributed by atoms with Crippen LogP contribution in [0.15, 0.2) is 84.0 Å². The first kappa shape index (κ1) is 44.1. The number of carbonyl (C=O) groups excluding carboxylic acids is 1. The number of ether oxygens (including phenoxy) is 2. The number of carbonyl (C=O) groups is 1. The number of H-pyrrole nitrogens is 1. The lowest BCUT2D eigenvalue weighted by Crippen LogP contribution is -2.54. The molecule has 348 valence electrons. The summed E-state index contributed by atoms with van der Waals surface area (Å²) in [5, 5.41) is 26.8. The van der Waals surface area contributed by atoms with Gasteiger partial charge in [-0.3, -0.25) is 19.8 Å². The van der Waals surface area contributed by atoms with Crippen molar-refractivity contribution in [1.82, 2.24) is 19.6 Å². The molecule has 10 rings (SSSR count). The van der Waals surface area contributed by atoms with Crippen LogP contribution in [-0.4, -0.2) is 83.1 Å². The predicted molar refractivity (Wildman–Crippen MR) is 252 cm³/mol. The normalized spacial score (nSPS) is 24.4. The molecule has 2 saturated heterocycles. The van der Waals surface area contributed by atoms with Gasteiger partial charge in [-0.1, -0.05) is 38.1 Å². The highest BCUT2D eigenvalue weighted by Crippen LogP contribution is 2.54. The molecule has 5 aromatic rings. The van der Waals surface area contributed by atoms with Crippen molar-refractivity contribution in [2.75, 3.05) is 36.4 Å². The molecule has 5 aliphatic rings. The number of hydrogen-bond donors (Lipinski definition) is 4. The lowest BCUT2D eigenvalue weighted by atomic mass is 9.59. The molecule has 4 fully saturated rings. The minimum absolute atomic E-state index is 0.0331. The van der Waals surface area contributed by atoms with E-state index in [9.17, 15) is 28.4 Å². The maximum Gasteiger partial charge on any atom is 0.314 e. The zero-order valence-corrected chi connectivity index (χ0v) is 38.6. The fourth-order valence-corrected chi connectivity index (χ4v) is 12.5. The van der Waals surface area contributed by atoms with Crippen molar-refractivity contribution in [2.45, 2.75) is 120 Å². The van der Waals surface area contributed by atoms with Crippen molar-refractivity contribution in [2.24, 2.45) is 11.3 Å². The average Bonchev–Trinajstić information content (AvgIpc) is 3.98. The maximum absolute atomic E-state index is 14.1. The van der Waals surface area contributed by atoms with Crippen LogP contribution in [0.3, 0.4) is 0 Å². The summed E-state index contributed by atoms with van der Waals surface area (Å²) in [6.45, 7) is 9.49. The Kier molecular flexibility index (Phi) is 11.5. The highest BCUT2D eigenvalue weighted by molar-refractivity contribution is 7.90. The van der Waals surface area contributed by atoms with Crippen molar-refractivity contribution in [1.29, 1.82) is 0 Å². The fourth-order valence-electron chi connectivity index (χ4n) is 11.5. The van der Waals surface area contributed by atoms with E-state index in [0.29, 0.717) is 67.0 Å². The summed E-state index contributed by atoms with van der Waals surface area (Å²) in [7, 11) is -4.64. The van der Waals surface area contributed by atoms with Gasteiger partial charge in [-0.05, 0) is 136 Å². The number of sulfonamides is 1. The van der Waals surface area contributed by atoms with Gasteiger partial charge in [0.15, 0.2) is 0 Å². The number of aliphatic hydroxyl groups is 1. The summed E-state index contributed by atoms with van der Waals surface area (Å²) >= 11 is 0. The number of pyridine rings is 1. The molecule has 1 spiro atoms. The van der Waals surface area contributed by atoms with Gasteiger partial charge in [0, 0.05) is 54.6 Å². The highest BCUT2D eigenvalue weighted by atomic mass is 32.2. The summed E-state index contributed by atoms with van der Waals surface area (Å²) in [5.74, 6) is 0.0419. The molecule has 0 unspecified atom stereocenters. The number of nitro groups is 1. The first-order valence-electron chi connectivity index (χ1n) is 23.5. The van der Waals surface area contributed by atoms with Crippen molar-refractivity contribution in [3.8, 4) is 17.2 Å². The summed E-state index contributed by atoms with van der Waals surface area (Å²) in [5.41, 5.74) is 3.59. The van der Waals surface area contributed by atoms with Gasteiger partial charge in [0.05, 0.1) is 39.4 Å². The zero-order valence-electron chi connectivity index (χ0n) is 37.8. The third-order valence-electron chi connectivity index (χ3n) is 15.3. The number of fused-ring (bicyclic) bond motifs is 2. The smallest absolute Gasteiger partial charge is 0.314 e. The predicted octanol–water partition coefficient (Wildman–Crippen LogP) is 9.21. The van der Waals surface area contributed by atoms with Gasteiger partial charge in [-0.15, -0.1) is 0 Å². The topological polar surface area (TPSA) is 192 Å². The number of piperidine rings is 1. The minimum atomic E-state index is -4.64. The van der Waals surface area contributed by atoms with E-state index >= 15 is 0 Å². The number of anilines is 2. The Balaban J connectivity index is 0.855. The van der Waals surface area contributed by atoms with E-state index in [1.807, 2.05) is 12.1 Å². The van der Waals surface area contributed by atoms with E-state index in [4.69, 9.17) is 9.47 Å². The first-order valence-corrected chi connectivity index (χ1v) is 25.0. The number of rotatable bonds is 11. The Morgan fingerprint density at radius 3 is 2.55 bits per heavy atom. The molecular formula is C50H59N7O8S. The molecule has 16 heteroatoms. The molecule has 3 aromatic carbocycles.